The van der Waals surface area contributed by atoms with E-state index in [1.165, 1.54) is 24.1 Å². The molecular formula is C29H35N3O6S. The van der Waals surface area contributed by atoms with Crippen LogP contribution in [0.5, 0.6) is 11.5 Å². The van der Waals surface area contributed by atoms with Crippen molar-refractivity contribution in [3.05, 3.63) is 84.4 Å². The maximum Gasteiger partial charge on any atom is 0.264 e. The second-order valence-corrected chi connectivity index (χ2v) is 10.7. The van der Waals surface area contributed by atoms with E-state index in [0.717, 1.165) is 16.3 Å². The summed E-state index contributed by atoms with van der Waals surface area (Å²) in [7, 11) is -1.10. The standard InChI is InChI=1S/C29H35N3O6S/c1-5-18-30-29(34)22(2)31(20-23-14-16-25(37-3)17-15-23)28(33)21-32(24-10-9-11-26(19-24)38-4)39(35,36)27-12-7-6-8-13-27/h6-17,19,22H,5,18,20-21H2,1-4H3,(H,30,34)/t22-/m1/s1. The lowest BCUT2D eigenvalue weighted by atomic mass is 10.1. The van der Waals surface area contributed by atoms with E-state index in [0.29, 0.717) is 18.0 Å². The molecule has 0 fully saturated rings. The number of carbonyl (C=O) groups is 2. The number of carbonyl (C=O) groups excluding carboxylic acids is 2. The molecule has 1 N–H and O–H groups in total. The molecule has 0 saturated heterocycles. The molecule has 0 unspecified atom stereocenters. The molecule has 0 aliphatic heterocycles. The minimum atomic E-state index is -4.14. The van der Waals surface area contributed by atoms with Gasteiger partial charge in [-0.1, -0.05) is 43.3 Å². The van der Waals surface area contributed by atoms with Gasteiger partial charge >= 0.3 is 0 Å². The molecule has 3 aromatic carbocycles. The normalized spacial score (nSPS) is 11.8. The number of sulfonamides is 1. The highest BCUT2D eigenvalue weighted by Crippen LogP contribution is 2.27. The largest absolute Gasteiger partial charge is 0.497 e. The number of anilines is 1. The summed E-state index contributed by atoms with van der Waals surface area (Å²) in [5.74, 6) is 0.240. The Kier molecular flexibility index (Phi) is 10.3. The summed E-state index contributed by atoms with van der Waals surface area (Å²) in [5.41, 5.74) is 1.03. The molecule has 10 heteroatoms. The van der Waals surface area contributed by atoms with Crippen LogP contribution in [0.15, 0.2) is 83.8 Å². The third-order valence-corrected chi connectivity index (χ3v) is 7.97. The van der Waals surface area contributed by atoms with Crippen molar-refractivity contribution in [3.63, 3.8) is 0 Å². The van der Waals surface area contributed by atoms with Gasteiger partial charge in [0.1, 0.15) is 24.1 Å². The highest BCUT2D eigenvalue weighted by Gasteiger charge is 2.32. The van der Waals surface area contributed by atoms with Crippen LogP contribution in [-0.4, -0.2) is 58.5 Å². The molecule has 1 atom stereocenters. The van der Waals surface area contributed by atoms with Gasteiger partial charge in [-0.3, -0.25) is 13.9 Å². The zero-order valence-electron chi connectivity index (χ0n) is 22.7. The number of methoxy groups -OCH3 is 2. The lowest BCUT2D eigenvalue weighted by Gasteiger charge is -2.32. The van der Waals surface area contributed by atoms with E-state index in [1.54, 1.807) is 80.8 Å². The van der Waals surface area contributed by atoms with Crippen LogP contribution in [0.4, 0.5) is 5.69 Å². The summed E-state index contributed by atoms with van der Waals surface area (Å²) in [4.78, 5) is 28.2. The third kappa shape index (κ3) is 7.51. The van der Waals surface area contributed by atoms with Gasteiger partial charge in [0, 0.05) is 19.2 Å². The van der Waals surface area contributed by atoms with Crippen LogP contribution >= 0.6 is 0 Å². The highest BCUT2D eigenvalue weighted by atomic mass is 32.2. The van der Waals surface area contributed by atoms with Crippen molar-refractivity contribution < 1.29 is 27.5 Å². The number of nitrogens with zero attached hydrogens (tertiary/aromatic N) is 2. The van der Waals surface area contributed by atoms with Gasteiger partial charge in [-0.2, -0.15) is 0 Å². The number of hydrogen-bond donors (Lipinski definition) is 1. The average Bonchev–Trinajstić information content (AvgIpc) is 2.97. The van der Waals surface area contributed by atoms with E-state index in [-0.39, 0.29) is 23.0 Å². The highest BCUT2D eigenvalue weighted by molar-refractivity contribution is 7.92. The predicted molar refractivity (Wildman–Crippen MR) is 150 cm³/mol. The number of nitrogens with one attached hydrogen (secondary N) is 1. The Morgan fingerprint density at radius 2 is 1.56 bits per heavy atom. The van der Waals surface area contributed by atoms with E-state index >= 15 is 0 Å². The SMILES string of the molecule is CCCNC(=O)[C@@H](C)N(Cc1ccc(OC)cc1)C(=O)CN(c1cccc(OC)c1)S(=O)(=O)c1ccccc1. The molecule has 0 aromatic heterocycles. The fourth-order valence-corrected chi connectivity index (χ4v) is 5.35. The lowest BCUT2D eigenvalue weighted by Crippen LogP contribution is -2.51. The molecule has 2 amide bonds. The molecule has 0 saturated carbocycles. The van der Waals surface area contributed by atoms with Gasteiger partial charge in [0.05, 0.1) is 24.8 Å². The Hall–Kier alpha value is -4.05. The van der Waals surface area contributed by atoms with Gasteiger partial charge in [0.2, 0.25) is 11.8 Å². The van der Waals surface area contributed by atoms with Crippen LogP contribution in [0, 0.1) is 0 Å². The predicted octanol–water partition coefficient (Wildman–Crippen LogP) is 3.84. The molecule has 0 aliphatic carbocycles. The molecule has 39 heavy (non-hydrogen) atoms. The topological polar surface area (TPSA) is 105 Å². The average molecular weight is 554 g/mol. The Morgan fingerprint density at radius 1 is 0.897 bits per heavy atom. The molecule has 0 radical (unpaired) electrons. The van der Waals surface area contributed by atoms with Crippen molar-refractivity contribution in [3.8, 4) is 11.5 Å². The van der Waals surface area contributed by atoms with Crippen molar-refractivity contribution >= 4 is 27.5 Å². The number of rotatable bonds is 13. The number of amides is 2. The van der Waals surface area contributed by atoms with Crippen LogP contribution in [0.2, 0.25) is 0 Å². The Morgan fingerprint density at radius 3 is 2.18 bits per heavy atom. The summed E-state index contributed by atoms with van der Waals surface area (Å²) in [6.45, 7) is 3.61. The number of ether oxygens (including phenoxy) is 2. The van der Waals surface area contributed by atoms with Crippen molar-refractivity contribution in [2.45, 2.75) is 37.8 Å². The monoisotopic (exact) mass is 553 g/mol. The van der Waals surface area contributed by atoms with Gasteiger partial charge in [0.25, 0.3) is 10.0 Å². The van der Waals surface area contributed by atoms with E-state index in [9.17, 15) is 18.0 Å². The maximum absolute atomic E-state index is 13.9. The molecule has 9 nitrogen and oxygen atoms in total. The van der Waals surface area contributed by atoms with E-state index < -0.39 is 28.5 Å². The minimum absolute atomic E-state index is 0.0380. The van der Waals surface area contributed by atoms with Gasteiger partial charge < -0.3 is 19.7 Å². The number of benzene rings is 3. The van der Waals surface area contributed by atoms with Crippen LogP contribution in [0.3, 0.4) is 0 Å². The van der Waals surface area contributed by atoms with E-state index in [2.05, 4.69) is 5.32 Å². The third-order valence-electron chi connectivity index (χ3n) is 6.18. The smallest absolute Gasteiger partial charge is 0.264 e. The molecule has 0 bridgehead atoms. The molecule has 3 rings (SSSR count). The first kappa shape index (κ1) is 29.5. The second-order valence-electron chi connectivity index (χ2n) is 8.86. The molecule has 0 spiro atoms. The fraction of sp³-hybridized carbons (Fsp3) is 0.310. The number of hydrogen-bond acceptors (Lipinski definition) is 6. The van der Waals surface area contributed by atoms with Crippen molar-refractivity contribution in [1.29, 1.82) is 0 Å². The summed E-state index contributed by atoms with van der Waals surface area (Å²) < 4.78 is 39.1. The van der Waals surface area contributed by atoms with Gasteiger partial charge in [-0.15, -0.1) is 0 Å². The zero-order valence-corrected chi connectivity index (χ0v) is 23.5. The van der Waals surface area contributed by atoms with Crippen LogP contribution < -0.4 is 19.1 Å². The fourth-order valence-electron chi connectivity index (χ4n) is 3.92. The van der Waals surface area contributed by atoms with Crippen molar-refractivity contribution in [2.75, 3.05) is 31.6 Å². The van der Waals surface area contributed by atoms with Crippen molar-refractivity contribution in [2.24, 2.45) is 0 Å². The summed E-state index contributed by atoms with van der Waals surface area (Å²) in [6.07, 6.45) is 0.740. The Labute approximate surface area is 230 Å². The maximum atomic E-state index is 13.9. The van der Waals surface area contributed by atoms with E-state index in [4.69, 9.17) is 9.47 Å². The molecule has 0 heterocycles. The summed E-state index contributed by atoms with van der Waals surface area (Å²) in [6, 6.07) is 20.7. The van der Waals surface area contributed by atoms with Crippen LogP contribution in [-0.2, 0) is 26.2 Å². The quantitative estimate of drug-likeness (QED) is 0.345. The lowest BCUT2D eigenvalue weighted by molar-refractivity contribution is -0.139. The molecule has 0 aliphatic rings. The summed E-state index contributed by atoms with van der Waals surface area (Å²) in [5, 5.41) is 2.83. The first-order chi connectivity index (χ1) is 18.7. The van der Waals surface area contributed by atoms with Crippen LogP contribution in [0.1, 0.15) is 25.8 Å². The Balaban J connectivity index is 2.01. The van der Waals surface area contributed by atoms with E-state index in [1.807, 2.05) is 6.92 Å². The molecule has 208 valence electrons. The first-order valence-electron chi connectivity index (χ1n) is 12.6. The molecule has 3 aromatic rings. The summed E-state index contributed by atoms with van der Waals surface area (Å²) >= 11 is 0. The first-order valence-corrected chi connectivity index (χ1v) is 14.1. The minimum Gasteiger partial charge on any atom is -0.497 e. The van der Waals surface area contributed by atoms with Crippen LogP contribution in [0.25, 0.3) is 0 Å². The second kappa shape index (κ2) is 13.7. The molecular weight excluding hydrogens is 518 g/mol. The van der Waals surface area contributed by atoms with Crippen molar-refractivity contribution in [1.82, 2.24) is 10.2 Å². The Bertz CT molecular complexity index is 1350. The zero-order chi connectivity index (χ0) is 28.4. The van der Waals surface area contributed by atoms with Gasteiger partial charge in [0.15, 0.2) is 0 Å². The van der Waals surface area contributed by atoms with Gasteiger partial charge in [-0.25, -0.2) is 8.42 Å². The van der Waals surface area contributed by atoms with Gasteiger partial charge in [-0.05, 0) is 55.3 Å².